The Hall–Kier alpha value is -1.26. The van der Waals surface area contributed by atoms with Crippen LogP contribution in [0, 0.1) is 0 Å². The molecule has 1 aliphatic heterocycles. The van der Waals surface area contributed by atoms with Crippen LogP contribution in [0.2, 0.25) is 0 Å². The summed E-state index contributed by atoms with van der Waals surface area (Å²) in [6.07, 6.45) is 0.203. The molecule has 0 aromatic carbocycles. The first kappa shape index (κ1) is 12.8. The Morgan fingerprint density at radius 3 is 2.38 bits per heavy atom. The minimum atomic E-state index is -0.536. The van der Waals surface area contributed by atoms with Gasteiger partial charge >= 0.3 is 12.1 Å². The molecule has 0 saturated carbocycles. The number of likely N-dealkylation sites (tertiary alicyclic amines) is 1. The van der Waals surface area contributed by atoms with Gasteiger partial charge in [0, 0.05) is 6.54 Å². The van der Waals surface area contributed by atoms with Crippen LogP contribution in [0.4, 0.5) is 4.79 Å². The van der Waals surface area contributed by atoms with Gasteiger partial charge in [-0.3, -0.25) is 4.90 Å². The van der Waals surface area contributed by atoms with Crippen LogP contribution < -0.4 is 0 Å². The molecule has 0 aromatic rings. The minimum Gasteiger partial charge on any atom is -0.464 e. The van der Waals surface area contributed by atoms with Crippen LogP contribution in [0.5, 0.6) is 0 Å². The van der Waals surface area contributed by atoms with E-state index in [1.807, 2.05) is 0 Å². The Bertz CT molecular complexity index is 282. The highest BCUT2D eigenvalue weighted by Gasteiger charge is 2.40. The Morgan fingerprint density at radius 2 is 2.00 bits per heavy atom. The van der Waals surface area contributed by atoms with E-state index in [0.29, 0.717) is 19.6 Å². The van der Waals surface area contributed by atoms with E-state index >= 15 is 0 Å². The molecule has 1 amide bonds. The van der Waals surface area contributed by atoms with Gasteiger partial charge in [0.05, 0.1) is 6.61 Å². The number of carbonyl (C=O) groups is 2. The Labute approximate surface area is 95.7 Å². The molecule has 1 saturated heterocycles. The number of carbonyl (C=O) groups excluding carboxylic acids is 2. The van der Waals surface area contributed by atoms with Gasteiger partial charge in [0.1, 0.15) is 11.6 Å². The summed E-state index contributed by atoms with van der Waals surface area (Å²) in [7, 11) is 0. The second kappa shape index (κ2) is 4.72. The standard InChI is InChI=1S/C11H19NO4/c1-5-15-9(13)8-6-7-12(8)10(14)16-11(2,3)4/h8H,5-7H2,1-4H3/t8-/m1/s1. The lowest BCUT2D eigenvalue weighted by Gasteiger charge is -2.39. The monoisotopic (exact) mass is 229 g/mol. The van der Waals surface area contributed by atoms with Crippen molar-refractivity contribution in [2.45, 2.75) is 45.8 Å². The van der Waals surface area contributed by atoms with Gasteiger partial charge in [-0.1, -0.05) is 0 Å². The van der Waals surface area contributed by atoms with Gasteiger partial charge in [-0.05, 0) is 34.1 Å². The van der Waals surface area contributed by atoms with E-state index in [4.69, 9.17) is 9.47 Å². The number of hydrogen-bond donors (Lipinski definition) is 0. The zero-order valence-corrected chi connectivity index (χ0v) is 10.3. The number of ether oxygens (including phenoxy) is 2. The molecule has 1 rings (SSSR count). The maximum absolute atomic E-state index is 11.7. The summed E-state index contributed by atoms with van der Waals surface area (Å²) in [5, 5.41) is 0. The van der Waals surface area contributed by atoms with Crippen molar-refractivity contribution in [3.05, 3.63) is 0 Å². The van der Waals surface area contributed by atoms with Gasteiger partial charge in [0.2, 0.25) is 0 Å². The van der Waals surface area contributed by atoms with Crippen molar-refractivity contribution in [1.82, 2.24) is 4.90 Å². The highest BCUT2D eigenvalue weighted by Crippen LogP contribution is 2.22. The predicted octanol–water partition coefficient (Wildman–Crippen LogP) is 1.56. The normalized spacial score (nSPS) is 20.0. The molecule has 0 aliphatic carbocycles. The van der Waals surface area contributed by atoms with Gasteiger partial charge < -0.3 is 9.47 Å². The molecular formula is C11H19NO4. The van der Waals surface area contributed by atoms with Crippen LogP contribution in [0.15, 0.2) is 0 Å². The maximum atomic E-state index is 11.7. The third kappa shape index (κ3) is 3.12. The first-order valence-electron chi connectivity index (χ1n) is 5.51. The molecule has 0 radical (unpaired) electrons. The fourth-order valence-corrected chi connectivity index (χ4v) is 1.41. The Morgan fingerprint density at radius 1 is 1.38 bits per heavy atom. The molecule has 0 spiro atoms. The van der Waals surface area contributed by atoms with Crippen molar-refractivity contribution in [2.75, 3.05) is 13.2 Å². The van der Waals surface area contributed by atoms with E-state index < -0.39 is 17.7 Å². The molecule has 1 atom stereocenters. The van der Waals surface area contributed by atoms with Gasteiger partial charge in [0.25, 0.3) is 0 Å². The molecule has 92 valence electrons. The summed E-state index contributed by atoms with van der Waals surface area (Å²) < 4.78 is 10.0. The van der Waals surface area contributed by atoms with Crippen molar-refractivity contribution in [1.29, 1.82) is 0 Å². The SMILES string of the molecule is CCOC(=O)[C@H]1CCN1C(=O)OC(C)(C)C. The summed E-state index contributed by atoms with van der Waals surface area (Å²) in [5.74, 6) is -0.348. The molecule has 0 bridgehead atoms. The lowest BCUT2D eigenvalue weighted by atomic mass is 10.0. The minimum absolute atomic E-state index is 0.331. The first-order chi connectivity index (χ1) is 7.35. The smallest absolute Gasteiger partial charge is 0.411 e. The second-order valence-corrected chi connectivity index (χ2v) is 4.73. The highest BCUT2D eigenvalue weighted by atomic mass is 16.6. The fraction of sp³-hybridized carbons (Fsp3) is 0.818. The molecule has 0 unspecified atom stereocenters. The maximum Gasteiger partial charge on any atom is 0.411 e. The van der Waals surface area contributed by atoms with Crippen LogP contribution in [0.25, 0.3) is 0 Å². The van der Waals surface area contributed by atoms with Crippen LogP contribution in [0.1, 0.15) is 34.1 Å². The lowest BCUT2D eigenvalue weighted by Crippen LogP contribution is -2.56. The molecule has 16 heavy (non-hydrogen) atoms. The van der Waals surface area contributed by atoms with Crippen molar-refractivity contribution in [3.8, 4) is 0 Å². The number of rotatable bonds is 2. The second-order valence-electron chi connectivity index (χ2n) is 4.73. The number of hydrogen-bond acceptors (Lipinski definition) is 4. The van der Waals surface area contributed by atoms with Crippen molar-refractivity contribution in [3.63, 3.8) is 0 Å². The zero-order chi connectivity index (χ0) is 12.3. The average molecular weight is 229 g/mol. The first-order valence-corrected chi connectivity index (χ1v) is 5.51. The number of nitrogens with zero attached hydrogens (tertiary/aromatic N) is 1. The van der Waals surface area contributed by atoms with E-state index in [0.717, 1.165) is 0 Å². The van der Waals surface area contributed by atoms with E-state index in [-0.39, 0.29) is 5.97 Å². The van der Waals surface area contributed by atoms with Gasteiger partial charge in [-0.2, -0.15) is 0 Å². The lowest BCUT2D eigenvalue weighted by molar-refractivity contribution is -0.153. The molecule has 1 heterocycles. The third-order valence-corrected chi connectivity index (χ3v) is 2.21. The third-order valence-electron chi connectivity index (χ3n) is 2.21. The number of esters is 1. The molecule has 5 nitrogen and oxygen atoms in total. The van der Waals surface area contributed by atoms with E-state index in [1.54, 1.807) is 27.7 Å². The highest BCUT2D eigenvalue weighted by molar-refractivity contribution is 5.83. The Balaban J connectivity index is 2.49. The van der Waals surface area contributed by atoms with E-state index in [1.165, 1.54) is 4.90 Å². The topological polar surface area (TPSA) is 55.8 Å². The molecule has 0 N–H and O–H groups in total. The summed E-state index contributed by atoms with van der Waals surface area (Å²) in [6, 6.07) is -0.463. The fourth-order valence-electron chi connectivity index (χ4n) is 1.41. The van der Waals surface area contributed by atoms with Crippen LogP contribution in [-0.2, 0) is 14.3 Å². The molecule has 1 aliphatic rings. The van der Waals surface area contributed by atoms with Crippen LogP contribution >= 0.6 is 0 Å². The summed E-state index contributed by atoms with van der Waals surface area (Å²) in [6.45, 7) is 8.02. The van der Waals surface area contributed by atoms with Gasteiger partial charge in [-0.15, -0.1) is 0 Å². The van der Waals surface area contributed by atoms with Crippen molar-refractivity contribution in [2.24, 2.45) is 0 Å². The molecular weight excluding hydrogens is 210 g/mol. The zero-order valence-electron chi connectivity index (χ0n) is 10.3. The van der Waals surface area contributed by atoms with E-state index in [2.05, 4.69) is 0 Å². The molecule has 0 aromatic heterocycles. The van der Waals surface area contributed by atoms with Gasteiger partial charge in [0.15, 0.2) is 0 Å². The Kier molecular flexibility index (Phi) is 3.78. The largest absolute Gasteiger partial charge is 0.464 e. The van der Waals surface area contributed by atoms with Crippen LogP contribution in [0.3, 0.4) is 0 Å². The summed E-state index contributed by atoms with van der Waals surface area (Å²) >= 11 is 0. The molecule has 1 fully saturated rings. The quantitative estimate of drug-likeness (QED) is 0.674. The van der Waals surface area contributed by atoms with Crippen LogP contribution in [-0.4, -0.2) is 41.8 Å². The van der Waals surface area contributed by atoms with Crippen molar-refractivity contribution >= 4 is 12.1 Å². The predicted molar refractivity (Wildman–Crippen MR) is 58.0 cm³/mol. The van der Waals surface area contributed by atoms with Gasteiger partial charge in [-0.25, -0.2) is 9.59 Å². The summed E-state index contributed by atoms with van der Waals surface area (Å²) in [5.41, 5.74) is -0.536. The molecule has 5 heteroatoms. The number of amides is 1. The van der Waals surface area contributed by atoms with Crippen molar-refractivity contribution < 1.29 is 19.1 Å². The average Bonchev–Trinajstić information content (AvgIpc) is 1.97. The summed E-state index contributed by atoms with van der Waals surface area (Å²) in [4.78, 5) is 24.5. The van der Waals surface area contributed by atoms with E-state index in [9.17, 15) is 9.59 Å².